The van der Waals surface area contributed by atoms with Crippen LogP contribution in [-0.2, 0) is 11.2 Å². The van der Waals surface area contributed by atoms with Gasteiger partial charge in [-0.1, -0.05) is 25.0 Å². The molecule has 0 aromatic heterocycles. The lowest BCUT2D eigenvalue weighted by molar-refractivity contribution is -0.131. The molecule has 4 rings (SSSR count). The van der Waals surface area contributed by atoms with Gasteiger partial charge in [-0.05, 0) is 55.2 Å². The lowest BCUT2D eigenvalue weighted by Gasteiger charge is -2.24. The van der Waals surface area contributed by atoms with Crippen LogP contribution in [0.25, 0.3) is 0 Å². The minimum absolute atomic E-state index is 0.0104. The zero-order valence-electron chi connectivity index (χ0n) is 19.3. The second-order valence-corrected chi connectivity index (χ2v) is 8.54. The van der Waals surface area contributed by atoms with Gasteiger partial charge >= 0.3 is 0 Å². The number of rotatable bonds is 8. The fourth-order valence-electron chi connectivity index (χ4n) is 4.40. The zero-order chi connectivity index (χ0) is 23.2. The molecule has 1 fully saturated rings. The number of benzene rings is 2. The minimum atomic E-state index is -0.0104. The van der Waals surface area contributed by atoms with E-state index in [1.54, 1.807) is 19.2 Å². The van der Waals surface area contributed by atoms with Crippen molar-refractivity contribution in [2.75, 3.05) is 20.8 Å². The number of nitrogens with zero attached hydrogens (tertiary/aromatic N) is 2. The lowest BCUT2D eigenvalue weighted by atomic mass is 10.0. The van der Waals surface area contributed by atoms with Gasteiger partial charge in [-0.15, -0.1) is 0 Å². The number of carbonyl (C=O) groups excluding carboxylic acids is 2. The second-order valence-electron chi connectivity index (χ2n) is 8.54. The molecule has 1 aliphatic carbocycles. The number of ether oxygens (including phenoxy) is 2. The number of nitrogens with one attached hydrogen (secondary N) is 1. The maximum atomic E-state index is 12.4. The van der Waals surface area contributed by atoms with Crippen LogP contribution in [0.15, 0.2) is 47.6 Å². The largest absolute Gasteiger partial charge is 0.493 e. The van der Waals surface area contributed by atoms with Gasteiger partial charge in [-0.3, -0.25) is 9.59 Å². The van der Waals surface area contributed by atoms with Gasteiger partial charge in [0.1, 0.15) is 0 Å². The van der Waals surface area contributed by atoms with Crippen LogP contribution >= 0.6 is 0 Å². The van der Waals surface area contributed by atoms with E-state index in [0.717, 1.165) is 29.7 Å². The van der Waals surface area contributed by atoms with E-state index in [4.69, 9.17) is 9.47 Å². The van der Waals surface area contributed by atoms with Gasteiger partial charge in [0.05, 0.1) is 19.9 Å². The van der Waals surface area contributed by atoms with E-state index >= 15 is 0 Å². The molecule has 0 bridgehead atoms. The van der Waals surface area contributed by atoms with Gasteiger partial charge in [-0.2, -0.15) is 5.10 Å². The normalized spacial score (nSPS) is 16.5. The maximum Gasteiger partial charge on any atom is 0.251 e. The molecule has 0 unspecified atom stereocenters. The van der Waals surface area contributed by atoms with E-state index in [2.05, 4.69) is 10.4 Å². The molecule has 0 spiro atoms. The van der Waals surface area contributed by atoms with Gasteiger partial charge < -0.3 is 14.8 Å². The highest BCUT2D eigenvalue weighted by Crippen LogP contribution is 2.29. The molecule has 33 heavy (non-hydrogen) atoms. The van der Waals surface area contributed by atoms with Crippen molar-refractivity contribution in [2.45, 2.75) is 51.0 Å². The van der Waals surface area contributed by atoms with Gasteiger partial charge in [0, 0.05) is 36.6 Å². The van der Waals surface area contributed by atoms with Gasteiger partial charge in [0.25, 0.3) is 5.91 Å². The second kappa shape index (κ2) is 10.5. The highest BCUT2D eigenvalue weighted by atomic mass is 16.5. The molecule has 1 heterocycles. The molecule has 0 atom stereocenters. The van der Waals surface area contributed by atoms with Crippen LogP contribution in [0.4, 0.5) is 0 Å². The third-order valence-corrected chi connectivity index (χ3v) is 6.34. The highest BCUT2D eigenvalue weighted by molar-refractivity contribution is 6.04. The Morgan fingerprint density at radius 3 is 2.45 bits per heavy atom. The van der Waals surface area contributed by atoms with Crippen LogP contribution in [-0.4, -0.2) is 49.3 Å². The first-order chi connectivity index (χ1) is 16.1. The number of methoxy groups -OCH3 is 2. The SMILES string of the molecule is COc1ccc(C2=NN(CCc3ccc(C(=O)NC4CCCC4)cc3)C(=O)CC2)cc1OC. The number of hydrazone groups is 1. The molecular formula is C26H31N3O4. The summed E-state index contributed by atoms with van der Waals surface area (Å²) in [6.45, 7) is 0.489. The third kappa shape index (κ3) is 5.53. The summed E-state index contributed by atoms with van der Waals surface area (Å²) in [4.78, 5) is 24.9. The van der Waals surface area contributed by atoms with E-state index in [1.807, 2.05) is 42.5 Å². The molecule has 1 saturated carbocycles. The Hall–Kier alpha value is -3.35. The quantitative estimate of drug-likeness (QED) is 0.662. The van der Waals surface area contributed by atoms with Crippen LogP contribution < -0.4 is 14.8 Å². The summed E-state index contributed by atoms with van der Waals surface area (Å²) < 4.78 is 10.7. The van der Waals surface area contributed by atoms with Crippen LogP contribution in [0.1, 0.15) is 60.0 Å². The highest BCUT2D eigenvalue weighted by Gasteiger charge is 2.22. The molecule has 1 N–H and O–H groups in total. The van der Waals surface area contributed by atoms with Crippen LogP contribution in [0.5, 0.6) is 11.5 Å². The maximum absolute atomic E-state index is 12.4. The predicted molar refractivity (Wildman–Crippen MR) is 127 cm³/mol. The molecule has 1 aliphatic heterocycles. The van der Waals surface area contributed by atoms with Crippen molar-refractivity contribution in [3.05, 3.63) is 59.2 Å². The van der Waals surface area contributed by atoms with Crippen molar-refractivity contribution in [1.29, 1.82) is 0 Å². The Kier molecular flexibility index (Phi) is 7.27. The Bertz CT molecular complexity index is 1030. The molecule has 2 aliphatic rings. The van der Waals surface area contributed by atoms with E-state index < -0.39 is 0 Å². The number of amides is 2. The average molecular weight is 450 g/mol. The van der Waals surface area contributed by atoms with Crippen molar-refractivity contribution in [1.82, 2.24) is 10.3 Å². The number of hydrogen-bond acceptors (Lipinski definition) is 5. The van der Waals surface area contributed by atoms with Crippen molar-refractivity contribution >= 4 is 17.5 Å². The topological polar surface area (TPSA) is 80.2 Å². The molecular weight excluding hydrogens is 418 g/mol. The average Bonchev–Trinajstić information content (AvgIpc) is 3.36. The minimum Gasteiger partial charge on any atom is -0.493 e. The molecule has 2 amide bonds. The summed E-state index contributed by atoms with van der Waals surface area (Å²) in [5.41, 5.74) is 3.51. The summed E-state index contributed by atoms with van der Waals surface area (Å²) in [6, 6.07) is 13.6. The Balaban J connectivity index is 1.39. The summed E-state index contributed by atoms with van der Waals surface area (Å²) >= 11 is 0. The summed E-state index contributed by atoms with van der Waals surface area (Å²) in [5.74, 6) is 1.31. The van der Waals surface area contributed by atoms with Gasteiger partial charge in [0.2, 0.25) is 5.91 Å². The Morgan fingerprint density at radius 2 is 1.76 bits per heavy atom. The molecule has 0 radical (unpaired) electrons. The summed E-state index contributed by atoms with van der Waals surface area (Å²) in [7, 11) is 3.20. The van der Waals surface area contributed by atoms with Crippen molar-refractivity contribution in [2.24, 2.45) is 5.10 Å². The molecule has 2 aromatic carbocycles. The Morgan fingerprint density at radius 1 is 1.03 bits per heavy atom. The molecule has 7 heteroatoms. The molecule has 174 valence electrons. The molecule has 0 saturated heterocycles. The van der Waals surface area contributed by atoms with E-state index in [-0.39, 0.29) is 11.8 Å². The van der Waals surface area contributed by atoms with Gasteiger partial charge in [0.15, 0.2) is 11.5 Å². The molecule has 7 nitrogen and oxygen atoms in total. The fourth-order valence-corrected chi connectivity index (χ4v) is 4.40. The predicted octanol–water partition coefficient (Wildman–Crippen LogP) is 3.95. The van der Waals surface area contributed by atoms with Crippen LogP contribution in [0.2, 0.25) is 0 Å². The number of hydrogen-bond donors (Lipinski definition) is 1. The fraction of sp³-hybridized carbons (Fsp3) is 0.423. The standard InChI is InChI=1S/C26H31N3O4/c1-32-23-13-11-20(17-24(23)33-2)22-12-14-25(30)29(28-22)16-15-18-7-9-19(10-8-18)26(31)27-21-5-3-4-6-21/h7-11,13,17,21H,3-6,12,14-16H2,1-2H3,(H,27,31). The van der Waals surface area contributed by atoms with Crippen LogP contribution in [0, 0.1) is 0 Å². The summed E-state index contributed by atoms with van der Waals surface area (Å²) in [5, 5.41) is 9.29. The monoisotopic (exact) mass is 449 g/mol. The zero-order valence-corrected chi connectivity index (χ0v) is 19.3. The van der Waals surface area contributed by atoms with E-state index in [0.29, 0.717) is 48.9 Å². The first-order valence-corrected chi connectivity index (χ1v) is 11.6. The van der Waals surface area contributed by atoms with Crippen LogP contribution in [0.3, 0.4) is 0 Å². The van der Waals surface area contributed by atoms with Gasteiger partial charge in [-0.25, -0.2) is 5.01 Å². The van der Waals surface area contributed by atoms with Crippen molar-refractivity contribution < 1.29 is 19.1 Å². The smallest absolute Gasteiger partial charge is 0.251 e. The molecule has 2 aromatic rings. The Labute approximate surface area is 194 Å². The lowest BCUT2D eigenvalue weighted by Crippen LogP contribution is -2.33. The van der Waals surface area contributed by atoms with E-state index in [1.165, 1.54) is 12.8 Å². The van der Waals surface area contributed by atoms with Crippen molar-refractivity contribution in [3.8, 4) is 11.5 Å². The third-order valence-electron chi connectivity index (χ3n) is 6.34. The summed E-state index contributed by atoms with van der Waals surface area (Å²) in [6.07, 6.45) is 6.20. The first kappa shape index (κ1) is 22.8. The van der Waals surface area contributed by atoms with Crippen molar-refractivity contribution in [3.63, 3.8) is 0 Å². The number of carbonyl (C=O) groups is 2. The first-order valence-electron chi connectivity index (χ1n) is 11.6. The van der Waals surface area contributed by atoms with E-state index in [9.17, 15) is 9.59 Å².